The number of amides is 2. The molecule has 0 aliphatic carbocycles. The van der Waals surface area contributed by atoms with Crippen LogP contribution in [0.5, 0.6) is 5.88 Å². The summed E-state index contributed by atoms with van der Waals surface area (Å²) in [6.07, 6.45) is 1.45. The van der Waals surface area contributed by atoms with Gasteiger partial charge in [0.15, 0.2) is 0 Å². The van der Waals surface area contributed by atoms with E-state index in [-0.39, 0.29) is 48.2 Å². The lowest BCUT2D eigenvalue weighted by atomic mass is 9.88. The lowest BCUT2D eigenvalue weighted by molar-refractivity contribution is -0.118. The number of rotatable bonds is 11. The predicted molar refractivity (Wildman–Crippen MR) is 141 cm³/mol. The van der Waals surface area contributed by atoms with Crippen LogP contribution in [0.4, 0.5) is 5.69 Å². The molecule has 0 aliphatic rings. The van der Waals surface area contributed by atoms with E-state index in [9.17, 15) is 14.4 Å². The maximum Gasteiger partial charge on any atom is 0.295 e. The zero-order valence-corrected chi connectivity index (χ0v) is 22.4. The monoisotopic (exact) mass is 529 g/mol. The van der Waals surface area contributed by atoms with Crippen molar-refractivity contribution in [3.63, 3.8) is 0 Å². The van der Waals surface area contributed by atoms with E-state index in [1.807, 2.05) is 44.2 Å². The van der Waals surface area contributed by atoms with Gasteiger partial charge in [-0.15, -0.1) is 0 Å². The number of aromatic nitrogens is 3. The van der Waals surface area contributed by atoms with Gasteiger partial charge in [-0.3, -0.25) is 19.1 Å². The Labute approximate surface area is 220 Å². The van der Waals surface area contributed by atoms with Gasteiger partial charge in [-0.2, -0.15) is 0 Å². The third-order valence-electron chi connectivity index (χ3n) is 5.64. The summed E-state index contributed by atoms with van der Waals surface area (Å²) >= 11 is 6.01. The van der Waals surface area contributed by atoms with Gasteiger partial charge in [0.2, 0.25) is 11.8 Å². The fraction of sp³-hybridized carbons (Fsp3) is 0.385. The summed E-state index contributed by atoms with van der Waals surface area (Å²) in [4.78, 5) is 43.2. The fourth-order valence-corrected chi connectivity index (χ4v) is 4.03. The lowest BCUT2D eigenvalue weighted by Crippen LogP contribution is -2.37. The standard InChI is InChI=1S/C26H32ClN5O5/c1-6-37-24-19(12-17(27)14-28-24)23(34)29-16-26(2,3)13-21(33)30-22-20(15-36-5)31(4)32(25(22)35)18-10-8-7-9-11-18/h7-12,14H,6,13,15-16H2,1-5H3,(H,29,34)(H,30,33). The first kappa shape index (κ1) is 27.9. The third kappa shape index (κ3) is 6.78. The topological polar surface area (TPSA) is 116 Å². The van der Waals surface area contributed by atoms with E-state index in [0.29, 0.717) is 23.0 Å². The van der Waals surface area contributed by atoms with Crippen LogP contribution < -0.4 is 20.9 Å². The van der Waals surface area contributed by atoms with Gasteiger partial charge >= 0.3 is 0 Å². The molecule has 0 radical (unpaired) electrons. The maximum atomic E-state index is 13.3. The molecule has 37 heavy (non-hydrogen) atoms. The van der Waals surface area contributed by atoms with E-state index in [2.05, 4.69) is 15.6 Å². The first-order valence-corrected chi connectivity index (χ1v) is 12.2. The molecular formula is C26H32ClN5O5. The zero-order chi connectivity index (χ0) is 27.2. The summed E-state index contributed by atoms with van der Waals surface area (Å²) in [5.41, 5.74) is 0.572. The molecule has 0 saturated carbocycles. The van der Waals surface area contributed by atoms with Crippen LogP contribution in [0.2, 0.25) is 5.02 Å². The minimum absolute atomic E-state index is 0.0471. The predicted octanol–water partition coefficient (Wildman–Crippen LogP) is 3.55. The first-order valence-electron chi connectivity index (χ1n) is 11.8. The molecule has 2 aromatic heterocycles. The van der Waals surface area contributed by atoms with Crippen LogP contribution in [0.15, 0.2) is 47.4 Å². The number of pyridine rings is 1. The molecule has 1 aromatic carbocycles. The molecule has 11 heteroatoms. The van der Waals surface area contributed by atoms with E-state index in [4.69, 9.17) is 21.1 Å². The normalized spacial score (nSPS) is 11.3. The van der Waals surface area contributed by atoms with E-state index in [0.717, 1.165) is 0 Å². The highest BCUT2D eigenvalue weighted by Gasteiger charge is 2.27. The second-order valence-corrected chi connectivity index (χ2v) is 9.68. The molecule has 10 nitrogen and oxygen atoms in total. The summed E-state index contributed by atoms with van der Waals surface area (Å²) in [5, 5.41) is 5.90. The largest absolute Gasteiger partial charge is 0.477 e. The minimum Gasteiger partial charge on any atom is -0.477 e. The van der Waals surface area contributed by atoms with Crippen molar-refractivity contribution in [3.8, 4) is 11.6 Å². The Bertz CT molecular complexity index is 1320. The molecule has 0 unspecified atom stereocenters. The molecule has 0 spiro atoms. The summed E-state index contributed by atoms with van der Waals surface area (Å²) < 4.78 is 13.8. The zero-order valence-electron chi connectivity index (χ0n) is 21.6. The highest BCUT2D eigenvalue weighted by Crippen LogP contribution is 2.24. The van der Waals surface area contributed by atoms with Crippen molar-refractivity contribution in [2.45, 2.75) is 33.8 Å². The fourth-order valence-electron chi connectivity index (χ4n) is 3.87. The molecular weight excluding hydrogens is 498 g/mol. The summed E-state index contributed by atoms with van der Waals surface area (Å²) in [5.74, 6) is -0.591. The van der Waals surface area contributed by atoms with Gasteiger partial charge in [-0.25, -0.2) is 9.67 Å². The van der Waals surface area contributed by atoms with Crippen molar-refractivity contribution >= 4 is 29.1 Å². The second kappa shape index (κ2) is 12.1. The Morgan fingerprint density at radius 1 is 1.19 bits per heavy atom. The van der Waals surface area contributed by atoms with Crippen molar-refractivity contribution in [1.82, 2.24) is 19.7 Å². The van der Waals surface area contributed by atoms with Gasteiger partial charge in [0.05, 0.1) is 29.6 Å². The number of anilines is 1. The lowest BCUT2D eigenvalue weighted by Gasteiger charge is -2.24. The Hall–Kier alpha value is -3.63. The number of nitrogens with one attached hydrogen (secondary N) is 2. The number of ether oxygens (including phenoxy) is 2. The molecule has 0 atom stereocenters. The number of carbonyl (C=O) groups is 2. The third-order valence-corrected chi connectivity index (χ3v) is 5.85. The van der Waals surface area contributed by atoms with Gasteiger partial charge in [0, 0.05) is 33.3 Å². The van der Waals surface area contributed by atoms with Crippen LogP contribution in [0, 0.1) is 5.41 Å². The molecule has 198 valence electrons. The number of methoxy groups -OCH3 is 1. The Morgan fingerprint density at radius 2 is 1.89 bits per heavy atom. The molecule has 2 N–H and O–H groups in total. The number of hydrogen-bond donors (Lipinski definition) is 2. The van der Waals surface area contributed by atoms with Crippen molar-refractivity contribution in [2.75, 3.05) is 25.6 Å². The van der Waals surface area contributed by atoms with E-state index >= 15 is 0 Å². The average Bonchev–Trinajstić information content (AvgIpc) is 3.08. The molecule has 0 aliphatic heterocycles. The molecule has 0 fully saturated rings. The highest BCUT2D eigenvalue weighted by molar-refractivity contribution is 6.30. The van der Waals surface area contributed by atoms with Gasteiger partial charge in [0.25, 0.3) is 11.5 Å². The van der Waals surface area contributed by atoms with Gasteiger partial charge < -0.3 is 20.1 Å². The molecule has 3 rings (SSSR count). The SMILES string of the molecule is CCOc1ncc(Cl)cc1C(=O)NCC(C)(C)CC(=O)Nc1c(COC)n(C)n(-c2ccccc2)c1=O. The van der Waals surface area contributed by atoms with E-state index in [1.54, 1.807) is 18.7 Å². The summed E-state index contributed by atoms with van der Waals surface area (Å²) in [7, 11) is 3.26. The molecule has 3 aromatic rings. The summed E-state index contributed by atoms with van der Waals surface area (Å²) in [6, 6.07) is 10.6. The number of halogens is 1. The first-order chi connectivity index (χ1) is 17.6. The Balaban J connectivity index is 1.73. The van der Waals surface area contributed by atoms with Crippen LogP contribution in [0.3, 0.4) is 0 Å². The van der Waals surface area contributed by atoms with Crippen molar-refractivity contribution < 1.29 is 19.1 Å². The van der Waals surface area contributed by atoms with Gasteiger partial charge in [0.1, 0.15) is 11.3 Å². The Morgan fingerprint density at radius 3 is 2.54 bits per heavy atom. The molecule has 0 saturated heterocycles. The second-order valence-electron chi connectivity index (χ2n) is 9.24. The number of carbonyl (C=O) groups excluding carboxylic acids is 2. The van der Waals surface area contributed by atoms with Crippen LogP contribution in [0.1, 0.15) is 43.2 Å². The average molecular weight is 530 g/mol. The number of hydrogen-bond acceptors (Lipinski definition) is 6. The van der Waals surface area contributed by atoms with E-state index < -0.39 is 11.3 Å². The number of para-hydroxylation sites is 1. The van der Waals surface area contributed by atoms with Crippen LogP contribution >= 0.6 is 11.6 Å². The van der Waals surface area contributed by atoms with Gasteiger partial charge in [-0.1, -0.05) is 43.6 Å². The van der Waals surface area contributed by atoms with Gasteiger partial charge in [-0.05, 0) is 30.5 Å². The van der Waals surface area contributed by atoms with Crippen LogP contribution in [-0.4, -0.2) is 46.4 Å². The quantitative estimate of drug-likeness (QED) is 0.392. The van der Waals surface area contributed by atoms with Crippen molar-refractivity contribution in [3.05, 3.63) is 69.2 Å². The molecule has 2 amide bonds. The number of nitrogens with zero attached hydrogens (tertiary/aromatic N) is 3. The molecule has 0 bridgehead atoms. The van der Waals surface area contributed by atoms with Crippen LogP contribution in [-0.2, 0) is 23.2 Å². The van der Waals surface area contributed by atoms with Crippen LogP contribution in [0.25, 0.3) is 5.69 Å². The highest BCUT2D eigenvalue weighted by atomic mass is 35.5. The summed E-state index contributed by atoms with van der Waals surface area (Å²) in [6.45, 7) is 6.14. The Kier molecular flexibility index (Phi) is 9.12. The number of benzene rings is 1. The minimum atomic E-state index is -0.633. The van der Waals surface area contributed by atoms with E-state index in [1.165, 1.54) is 24.1 Å². The van der Waals surface area contributed by atoms with Crippen molar-refractivity contribution in [2.24, 2.45) is 12.5 Å². The molecule has 2 heterocycles. The smallest absolute Gasteiger partial charge is 0.295 e. The van der Waals surface area contributed by atoms with Crippen molar-refractivity contribution in [1.29, 1.82) is 0 Å². The maximum absolute atomic E-state index is 13.3.